The molecule has 0 aromatic heterocycles. The molecule has 3 saturated heterocycles. The fourth-order valence-electron chi connectivity index (χ4n) is 4.44. The molecule has 3 rings (SSSR count). The van der Waals surface area contributed by atoms with Gasteiger partial charge >= 0.3 is 6.09 Å². The van der Waals surface area contributed by atoms with Gasteiger partial charge in [-0.3, -0.25) is 4.79 Å². The van der Waals surface area contributed by atoms with Crippen LogP contribution in [0.5, 0.6) is 0 Å². The van der Waals surface area contributed by atoms with Crippen molar-refractivity contribution in [2.24, 2.45) is 5.92 Å². The van der Waals surface area contributed by atoms with E-state index < -0.39 is 0 Å². The molecule has 3 aliphatic rings. The van der Waals surface area contributed by atoms with Crippen LogP contribution < -0.4 is 0 Å². The number of likely N-dealkylation sites (tertiary alicyclic amines) is 2. The summed E-state index contributed by atoms with van der Waals surface area (Å²) < 4.78 is 5.77. The molecule has 6 heteroatoms. The van der Waals surface area contributed by atoms with Crippen LogP contribution in [0.3, 0.4) is 0 Å². The van der Waals surface area contributed by atoms with Crippen LogP contribution in [0.15, 0.2) is 0 Å². The van der Waals surface area contributed by atoms with Crippen molar-refractivity contribution < 1.29 is 14.3 Å². The largest absolute Gasteiger partial charge is 0.441 e. The topological polar surface area (TPSA) is 53.1 Å². The Balaban J connectivity index is 1.48. The van der Waals surface area contributed by atoms with Crippen molar-refractivity contribution in [3.63, 3.8) is 0 Å². The van der Waals surface area contributed by atoms with Crippen LogP contribution in [0.2, 0.25) is 0 Å². The molecule has 148 valence electrons. The molecule has 0 aromatic rings. The Morgan fingerprint density at radius 3 is 2.62 bits per heavy atom. The van der Waals surface area contributed by atoms with Gasteiger partial charge in [0, 0.05) is 44.9 Å². The number of ether oxygens (including phenoxy) is 1. The molecular weight excluding hydrogens is 330 g/mol. The third-order valence-electron chi connectivity index (χ3n) is 6.38. The van der Waals surface area contributed by atoms with Gasteiger partial charge in [0.15, 0.2) is 0 Å². The van der Waals surface area contributed by atoms with Gasteiger partial charge in [-0.2, -0.15) is 0 Å². The lowest BCUT2D eigenvalue weighted by molar-refractivity contribution is -0.136. The van der Waals surface area contributed by atoms with Crippen molar-refractivity contribution >= 4 is 12.0 Å². The summed E-state index contributed by atoms with van der Waals surface area (Å²) in [5, 5.41) is 0. The number of hydrogen-bond donors (Lipinski definition) is 0. The minimum absolute atomic E-state index is 0.172. The van der Waals surface area contributed by atoms with E-state index in [0.29, 0.717) is 38.0 Å². The van der Waals surface area contributed by atoms with Crippen molar-refractivity contribution in [1.82, 2.24) is 14.7 Å². The van der Waals surface area contributed by atoms with E-state index in [2.05, 4.69) is 25.8 Å². The molecule has 26 heavy (non-hydrogen) atoms. The first-order chi connectivity index (χ1) is 12.4. The predicted octanol–water partition coefficient (Wildman–Crippen LogP) is 2.72. The molecule has 1 spiro atoms. The summed E-state index contributed by atoms with van der Waals surface area (Å²) in [7, 11) is 2.13. The molecule has 0 aliphatic carbocycles. The van der Waals surface area contributed by atoms with Crippen LogP contribution in [0.1, 0.15) is 58.8 Å². The van der Waals surface area contributed by atoms with E-state index >= 15 is 0 Å². The second kappa shape index (κ2) is 8.15. The quantitative estimate of drug-likeness (QED) is 0.752. The first-order valence-electron chi connectivity index (χ1n) is 10.3. The zero-order valence-corrected chi connectivity index (χ0v) is 16.7. The molecule has 0 aromatic carbocycles. The van der Waals surface area contributed by atoms with E-state index in [9.17, 15) is 9.59 Å². The Morgan fingerprint density at radius 1 is 1.23 bits per heavy atom. The summed E-state index contributed by atoms with van der Waals surface area (Å²) in [5.41, 5.74) is -0.369. The van der Waals surface area contributed by atoms with Gasteiger partial charge in [-0.1, -0.05) is 20.3 Å². The van der Waals surface area contributed by atoms with Gasteiger partial charge in [-0.15, -0.1) is 0 Å². The highest BCUT2D eigenvalue weighted by Crippen LogP contribution is 2.34. The lowest BCUT2D eigenvalue weighted by Gasteiger charge is -2.39. The smallest absolute Gasteiger partial charge is 0.410 e. The number of amides is 2. The fraction of sp³-hybridized carbons (Fsp3) is 0.900. The van der Waals surface area contributed by atoms with E-state index in [4.69, 9.17) is 4.74 Å². The van der Waals surface area contributed by atoms with Crippen LogP contribution >= 0.6 is 0 Å². The number of hydrogen-bond acceptors (Lipinski definition) is 4. The molecule has 0 bridgehead atoms. The molecule has 3 fully saturated rings. The van der Waals surface area contributed by atoms with Crippen molar-refractivity contribution in [2.75, 3.05) is 39.8 Å². The van der Waals surface area contributed by atoms with Crippen molar-refractivity contribution in [3.05, 3.63) is 0 Å². The lowest BCUT2D eigenvalue weighted by atomic mass is 9.90. The lowest BCUT2D eigenvalue weighted by Crippen LogP contribution is -2.50. The number of piperidine rings is 2. The standard InChI is InChI=1S/C20H35N3O3/c1-16(2)7-11-23-15-20(26-19(23)25)8-12-22(13-9-20)18(24)14-17-6-4-5-10-21(17)3/h16-17H,4-15H2,1-3H3. The van der Waals surface area contributed by atoms with Gasteiger partial charge in [0.1, 0.15) is 5.60 Å². The zero-order chi connectivity index (χ0) is 18.7. The number of carbonyl (C=O) groups excluding carboxylic acids is 2. The second-order valence-corrected chi connectivity index (χ2v) is 8.87. The molecule has 0 N–H and O–H groups in total. The second-order valence-electron chi connectivity index (χ2n) is 8.87. The Kier molecular flexibility index (Phi) is 6.10. The molecule has 0 saturated carbocycles. The fourth-order valence-corrected chi connectivity index (χ4v) is 4.44. The maximum Gasteiger partial charge on any atom is 0.410 e. The molecular formula is C20H35N3O3. The van der Waals surface area contributed by atoms with E-state index in [1.165, 1.54) is 12.8 Å². The average molecular weight is 366 g/mol. The van der Waals surface area contributed by atoms with Gasteiger partial charge in [0.05, 0.1) is 6.54 Å². The number of nitrogens with zero attached hydrogens (tertiary/aromatic N) is 3. The van der Waals surface area contributed by atoms with Crippen LogP contribution in [0.4, 0.5) is 4.79 Å². The molecule has 6 nitrogen and oxygen atoms in total. The van der Waals surface area contributed by atoms with E-state index in [-0.39, 0.29) is 17.6 Å². The van der Waals surface area contributed by atoms with Crippen molar-refractivity contribution in [2.45, 2.75) is 70.4 Å². The minimum Gasteiger partial charge on any atom is -0.441 e. The van der Waals surface area contributed by atoms with Crippen LogP contribution in [-0.4, -0.2) is 78.1 Å². The summed E-state index contributed by atoms with van der Waals surface area (Å²) in [6.45, 7) is 8.32. The highest BCUT2D eigenvalue weighted by Gasteiger charge is 2.47. The van der Waals surface area contributed by atoms with Crippen molar-refractivity contribution in [1.29, 1.82) is 0 Å². The van der Waals surface area contributed by atoms with E-state index in [1.807, 2.05) is 9.80 Å². The van der Waals surface area contributed by atoms with E-state index in [0.717, 1.165) is 38.8 Å². The molecule has 2 amide bonds. The summed E-state index contributed by atoms with van der Waals surface area (Å²) in [4.78, 5) is 31.1. The summed E-state index contributed by atoms with van der Waals surface area (Å²) in [6, 6.07) is 0.392. The average Bonchev–Trinajstić information content (AvgIpc) is 2.91. The predicted molar refractivity (Wildman–Crippen MR) is 101 cm³/mol. The number of rotatable bonds is 5. The maximum absolute atomic E-state index is 12.7. The highest BCUT2D eigenvalue weighted by molar-refractivity contribution is 5.77. The minimum atomic E-state index is -0.369. The highest BCUT2D eigenvalue weighted by atomic mass is 16.6. The monoisotopic (exact) mass is 365 g/mol. The summed E-state index contributed by atoms with van der Waals surface area (Å²) >= 11 is 0. The zero-order valence-electron chi connectivity index (χ0n) is 16.7. The molecule has 1 unspecified atom stereocenters. The first kappa shape index (κ1) is 19.5. The van der Waals surface area contributed by atoms with Crippen LogP contribution in [0, 0.1) is 5.92 Å². The Hall–Kier alpha value is -1.30. The van der Waals surface area contributed by atoms with Gasteiger partial charge in [-0.05, 0) is 38.8 Å². The van der Waals surface area contributed by atoms with Crippen LogP contribution in [0.25, 0.3) is 0 Å². The van der Waals surface area contributed by atoms with Gasteiger partial charge < -0.3 is 19.4 Å². The molecule has 0 radical (unpaired) electrons. The van der Waals surface area contributed by atoms with Crippen LogP contribution in [-0.2, 0) is 9.53 Å². The number of carbonyl (C=O) groups is 2. The van der Waals surface area contributed by atoms with E-state index in [1.54, 1.807) is 0 Å². The first-order valence-corrected chi connectivity index (χ1v) is 10.3. The van der Waals surface area contributed by atoms with Crippen molar-refractivity contribution in [3.8, 4) is 0 Å². The Morgan fingerprint density at radius 2 is 1.96 bits per heavy atom. The SMILES string of the molecule is CC(C)CCN1CC2(CCN(C(=O)CC3CCCCN3C)CC2)OC1=O. The van der Waals surface area contributed by atoms with Gasteiger partial charge in [0.2, 0.25) is 5.91 Å². The maximum atomic E-state index is 12.7. The Bertz CT molecular complexity index is 514. The van der Waals surface area contributed by atoms with Gasteiger partial charge in [-0.25, -0.2) is 4.79 Å². The molecule has 3 aliphatic heterocycles. The summed E-state index contributed by atoms with van der Waals surface area (Å²) in [6.07, 6.45) is 6.59. The molecule has 3 heterocycles. The summed E-state index contributed by atoms with van der Waals surface area (Å²) in [5.74, 6) is 0.844. The Labute approximate surface area is 157 Å². The third kappa shape index (κ3) is 4.51. The molecule has 1 atom stereocenters. The third-order valence-corrected chi connectivity index (χ3v) is 6.38. The normalized spacial score (nSPS) is 26.6. The van der Waals surface area contributed by atoms with Gasteiger partial charge in [0.25, 0.3) is 0 Å².